The molecule has 0 aromatic carbocycles. The summed E-state index contributed by atoms with van der Waals surface area (Å²) in [4.78, 5) is 0. The molecule has 0 spiro atoms. The predicted octanol–water partition coefficient (Wildman–Crippen LogP) is 10.4. The summed E-state index contributed by atoms with van der Waals surface area (Å²) in [5.74, 6) is 0. The van der Waals surface area contributed by atoms with E-state index in [2.05, 4.69) is 105 Å². The summed E-state index contributed by atoms with van der Waals surface area (Å²) in [5, 5.41) is 0. The van der Waals surface area contributed by atoms with Gasteiger partial charge < -0.3 is 18.6 Å². The third-order valence-corrected chi connectivity index (χ3v) is 41.0. The van der Waals surface area contributed by atoms with Crippen LogP contribution in [0.5, 0.6) is 0 Å². The fourth-order valence-electron chi connectivity index (χ4n) is 6.17. The molecule has 0 aromatic rings. The van der Waals surface area contributed by atoms with Crippen LogP contribution in [0.4, 0.5) is 0 Å². The second kappa shape index (κ2) is 15.4. The van der Waals surface area contributed by atoms with E-state index >= 15 is 0 Å². The molecule has 4 heterocycles. The van der Waals surface area contributed by atoms with Gasteiger partial charge in [-0.3, -0.25) is 0 Å². The maximum Gasteiger partial charge on any atom is 2.00 e. The van der Waals surface area contributed by atoms with Gasteiger partial charge in [-0.05, 0) is 0 Å². The number of hydrogen-bond donors (Lipinski definition) is 0. The number of nitrogens with zero attached hydrogens (tertiary/aromatic N) is 4. The Morgan fingerprint density at radius 1 is 0.237 bits per heavy atom. The van der Waals surface area contributed by atoms with Crippen LogP contribution in [0.25, 0.3) is 18.6 Å². The normalized spacial score (nSPS) is 29.1. The molecule has 0 aromatic heterocycles. The molecule has 0 unspecified atom stereocenters. The summed E-state index contributed by atoms with van der Waals surface area (Å²) in [7, 11) is -7.91. The van der Waals surface area contributed by atoms with E-state index in [1.165, 1.54) is 48.4 Å². The van der Waals surface area contributed by atoms with Crippen LogP contribution in [0.1, 0.15) is 0 Å². The number of rotatable bonds is 0. The van der Waals surface area contributed by atoms with E-state index in [1.54, 1.807) is 0 Å². The Bertz CT molecular complexity index is 556. The first-order valence-electron chi connectivity index (χ1n) is 14.6. The van der Waals surface area contributed by atoms with Crippen molar-refractivity contribution in [2.24, 2.45) is 0 Å². The monoisotopic (exact) mass is 680 g/mol. The maximum absolute atomic E-state index is 4.93. The molecule has 0 amide bonds. The van der Waals surface area contributed by atoms with Gasteiger partial charge in [0, 0.05) is 0 Å². The van der Waals surface area contributed by atoms with Gasteiger partial charge in [-0.1, -0.05) is 219 Å². The van der Waals surface area contributed by atoms with Crippen LogP contribution in [0.2, 0.25) is 153 Å². The van der Waals surface area contributed by atoms with Gasteiger partial charge in [-0.2, -0.15) is 0 Å². The van der Waals surface area contributed by atoms with Gasteiger partial charge in [0.25, 0.3) is 0 Å². The summed E-state index contributed by atoms with van der Waals surface area (Å²) in [6.45, 7) is 38.1. The SMILES string of the molecule is C[Si]1(C)CC[Si](C)(C)[N-]1.C[Si]1(C)CC[Si](C)(C)[N-]1.C[Si]1(C)CC[Si](C)(C)[N-]1.C[Si]1(C)CC[Si](C)(C)[N-]1.[Mg+2].[Mg+2]. The molecule has 0 bridgehead atoms. The fourth-order valence-corrected chi connectivity index (χ4v) is 55.5. The van der Waals surface area contributed by atoms with Crippen LogP contribution in [0, 0.1) is 0 Å². The van der Waals surface area contributed by atoms with E-state index in [9.17, 15) is 0 Å². The average molecular weight is 682 g/mol. The Hall–Kier alpha value is 3.11. The van der Waals surface area contributed by atoms with E-state index in [0.717, 1.165) is 0 Å². The fraction of sp³-hybridized carbons (Fsp3) is 1.00. The third-order valence-electron chi connectivity index (χ3n) is 7.82. The molecule has 4 saturated heterocycles. The quantitative estimate of drug-likeness (QED) is 0.229. The Morgan fingerprint density at radius 2 is 0.316 bits per heavy atom. The van der Waals surface area contributed by atoms with Gasteiger partial charge >= 0.3 is 46.1 Å². The number of hydrogen-bond acceptors (Lipinski definition) is 0. The first kappa shape index (κ1) is 43.2. The van der Waals surface area contributed by atoms with Crippen molar-refractivity contribution in [1.29, 1.82) is 0 Å². The molecule has 0 aliphatic carbocycles. The van der Waals surface area contributed by atoms with E-state index in [4.69, 9.17) is 18.6 Å². The van der Waals surface area contributed by atoms with Gasteiger partial charge in [0.05, 0.1) is 0 Å². The van der Waals surface area contributed by atoms with Crippen molar-refractivity contribution >= 4 is 112 Å². The van der Waals surface area contributed by atoms with Gasteiger partial charge in [-0.15, -0.1) is 0 Å². The summed E-state index contributed by atoms with van der Waals surface area (Å²) in [6, 6.07) is 11.6. The van der Waals surface area contributed by atoms with Crippen molar-refractivity contribution in [3.63, 3.8) is 0 Å². The summed E-state index contributed by atoms with van der Waals surface area (Å²) in [5.41, 5.74) is 0. The molecule has 4 aliphatic rings. The molecular formula is C24H64Mg2N4Si8. The second-order valence-electron chi connectivity index (χ2n) is 16.9. The van der Waals surface area contributed by atoms with E-state index in [0.29, 0.717) is 0 Å². The van der Waals surface area contributed by atoms with Crippen molar-refractivity contribution in [3.8, 4) is 0 Å². The van der Waals surface area contributed by atoms with E-state index in [1.807, 2.05) is 0 Å². The molecule has 0 atom stereocenters. The molecule has 4 nitrogen and oxygen atoms in total. The molecular weight excluding hydrogens is 618 g/mol. The minimum atomic E-state index is -0.989. The van der Waals surface area contributed by atoms with Crippen molar-refractivity contribution in [2.75, 3.05) is 0 Å². The van der Waals surface area contributed by atoms with Gasteiger partial charge in [-0.25, -0.2) is 0 Å². The second-order valence-corrected chi connectivity index (χ2v) is 53.5. The van der Waals surface area contributed by atoms with Crippen molar-refractivity contribution in [3.05, 3.63) is 18.6 Å². The molecule has 14 heteroatoms. The van der Waals surface area contributed by atoms with E-state index < -0.39 is 65.9 Å². The Labute approximate surface area is 281 Å². The molecule has 38 heavy (non-hydrogen) atoms. The topological polar surface area (TPSA) is 56.4 Å². The van der Waals surface area contributed by atoms with Crippen molar-refractivity contribution < 1.29 is 0 Å². The largest absolute Gasteiger partial charge is 2.00 e. The minimum Gasteiger partial charge on any atom is -0.667 e. The van der Waals surface area contributed by atoms with Crippen molar-refractivity contribution in [1.82, 2.24) is 0 Å². The summed E-state index contributed by atoms with van der Waals surface area (Å²) in [6.07, 6.45) is 0. The Balaban J connectivity index is 0. The minimum absolute atomic E-state index is 0. The van der Waals surface area contributed by atoms with Crippen LogP contribution in [-0.2, 0) is 0 Å². The van der Waals surface area contributed by atoms with Crippen LogP contribution < -0.4 is 0 Å². The molecule has 0 saturated carbocycles. The molecule has 4 fully saturated rings. The zero-order valence-electron chi connectivity index (χ0n) is 28.9. The van der Waals surface area contributed by atoms with Crippen LogP contribution in [0.15, 0.2) is 0 Å². The van der Waals surface area contributed by atoms with Gasteiger partial charge in [0.1, 0.15) is 0 Å². The van der Waals surface area contributed by atoms with Gasteiger partial charge in [0.2, 0.25) is 0 Å². The van der Waals surface area contributed by atoms with Crippen LogP contribution in [-0.4, -0.2) is 112 Å². The molecule has 216 valence electrons. The molecule has 0 radical (unpaired) electrons. The Kier molecular flexibility index (Phi) is 17.5. The maximum atomic E-state index is 4.93. The van der Waals surface area contributed by atoms with Gasteiger partial charge in [0.15, 0.2) is 0 Å². The summed E-state index contributed by atoms with van der Waals surface area (Å²) < 4.78 is 19.7. The predicted molar refractivity (Wildman–Crippen MR) is 203 cm³/mol. The smallest absolute Gasteiger partial charge is 0.667 e. The molecule has 4 rings (SSSR count). The summed E-state index contributed by atoms with van der Waals surface area (Å²) >= 11 is 0. The van der Waals surface area contributed by atoms with Crippen LogP contribution >= 0.6 is 0 Å². The van der Waals surface area contributed by atoms with Crippen LogP contribution in [0.3, 0.4) is 0 Å². The molecule has 4 aliphatic heterocycles. The van der Waals surface area contributed by atoms with E-state index in [-0.39, 0.29) is 46.1 Å². The van der Waals surface area contributed by atoms with Crippen molar-refractivity contribution in [2.45, 2.75) is 153 Å². The average Bonchev–Trinajstić information content (AvgIpc) is 3.22. The molecule has 0 N–H and O–H groups in total. The first-order chi connectivity index (χ1) is 15.7. The Morgan fingerprint density at radius 3 is 0.342 bits per heavy atom. The zero-order valence-corrected chi connectivity index (χ0v) is 39.7. The zero-order chi connectivity index (χ0) is 28.5. The first-order valence-corrected chi connectivity index (χ1v) is 39.9. The standard InChI is InChI=1S/4C6H16NSi2.2Mg/c4*1-8(2)5-6-9(3,4)7-8;;/h4*5-6H2,1-4H3;;/q4*-1;2*+2. The third kappa shape index (κ3) is 18.7.